The lowest BCUT2D eigenvalue weighted by Gasteiger charge is -2.39. The maximum Gasteiger partial charge on any atom is 0.191 e. The third kappa shape index (κ3) is 7.71. The number of benzene rings is 1. The molecule has 0 aliphatic carbocycles. The Kier molecular flexibility index (Phi) is 12.0. The number of likely N-dealkylation sites (tertiary alicyclic amines) is 1. The van der Waals surface area contributed by atoms with Gasteiger partial charge in [0.1, 0.15) is 0 Å². The Morgan fingerprint density at radius 2 is 1.84 bits per heavy atom. The van der Waals surface area contributed by atoms with Gasteiger partial charge in [0.15, 0.2) is 5.96 Å². The molecule has 0 bridgehead atoms. The molecular formula is C25H40IN5S. The minimum absolute atomic E-state index is 0. The first-order chi connectivity index (χ1) is 15.1. The zero-order chi connectivity index (χ0) is 22.1. The highest BCUT2D eigenvalue weighted by Gasteiger charge is 2.31. The number of hydrogen-bond acceptors (Lipinski definition) is 4. The monoisotopic (exact) mass is 569 g/mol. The molecule has 0 spiro atoms. The van der Waals surface area contributed by atoms with Crippen molar-refractivity contribution in [2.24, 2.45) is 10.9 Å². The van der Waals surface area contributed by atoms with Crippen molar-refractivity contribution in [2.45, 2.75) is 45.8 Å². The first kappa shape index (κ1) is 27.1. The minimum Gasteiger partial charge on any atom is -0.356 e. The molecule has 1 aliphatic rings. The molecule has 1 fully saturated rings. The Balaban J connectivity index is 0.00000363. The summed E-state index contributed by atoms with van der Waals surface area (Å²) in [5.41, 5.74) is 2.65. The standard InChI is InChI=1S/C25H39N5S.HI/c1-5-30(6-2)19-21-13-11-20(12-14-21)17-27-25(26-3)28-18-22-9-7-15-29(4)24(22)23-10-8-16-31-23;/h8,10-14,16,22,24H,5-7,9,15,17-19H2,1-4H3,(H2,26,27,28);1H. The minimum atomic E-state index is 0. The fourth-order valence-corrected chi connectivity index (χ4v) is 5.47. The van der Waals surface area contributed by atoms with E-state index in [9.17, 15) is 0 Å². The summed E-state index contributed by atoms with van der Waals surface area (Å²) in [6, 6.07) is 13.9. The molecule has 2 heterocycles. The van der Waals surface area contributed by atoms with E-state index in [4.69, 9.17) is 0 Å². The van der Waals surface area contributed by atoms with E-state index in [-0.39, 0.29) is 24.0 Å². The second-order valence-electron chi connectivity index (χ2n) is 8.43. The molecule has 178 valence electrons. The Labute approximate surface area is 215 Å². The van der Waals surface area contributed by atoms with Gasteiger partial charge in [0.05, 0.1) is 0 Å². The fourth-order valence-electron chi connectivity index (χ4n) is 4.48. The summed E-state index contributed by atoms with van der Waals surface area (Å²) < 4.78 is 0. The van der Waals surface area contributed by atoms with Crippen LogP contribution in [0.15, 0.2) is 46.8 Å². The van der Waals surface area contributed by atoms with Gasteiger partial charge in [-0.15, -0.1) is 35.3 Å². The number of guanidine groups is 1. The first-order valence-electron chi connectivity index (χ1n) is 11.6. The SMILES string of the molecule is CCN(CC)Cc1ccc(CNC(=NC)NCC2CCCN(C)C2c2cccs2)cc1.I. The zero-order valence-corrected chi connectivity index (χ0v) is 23.2. The molecule has 3 rings (SSSR count). The number of nitrogens with one attached hydrogen (secondary N) is 2. The lowest BCUT2D eigenvalue weighted by atomic mass is 9.88. The van der Waals surface area contributed by atoms with Crippen LogP contribution in [0.1, 0.15) is 48.7 Å². The number of rotatable bonds is 9. The van der Waals surface area contributed by atoms with Gasteiger partial charge in [-0.2, -0.15) is 0 Å². The average Bonchev–Trinajstić information content (AvgIpc) is 3.33. The predicted octanol–water partition coefficient (Wildman–Crippen LogP) is 4.96. The van der Waals surface area contributed by atoms with Crippen LogP contribution >= 0.6 is 35.3 Å². The molecule has 1 aromatic carbocycles. The molecule has 7 heteroatoms. The molecule has 5 nitrogen and oxygen atoms in total. The van der Waals surface area contributed by atoms with Gasteiger partial charge in [-0.1, -0.05) is 44.2 Å². The summed E-state index contributed by atoms with van der Waals surface area (Å²) in [5.74, 6) is 1.47. The van der Waals surface area contributed by atoms with E-state index >= 15 is 0 Å². The van der Waals surface area contributed by atoms with Gasteiger partial charge in [0.25, 0.3) is 0 Å². The second kappa shape index (κ2) is 14.2. The summed E-state index contributed by atoms with van der Waals surface area (Å²) in [6.07, 6.45) is 2.52. The van der Waals surface area contributed by atoms with Crippen LogP contribution in [0.2, 0.25) is 0 Å². The molecule has 0 amide bonds. The molecule has 0 radical (unpaired) electrons. The Morgan fingerprint density at radius 1 is 1.12 bits per heavy atom. The van der Waals surface area contributed by atoms with Crippen LogP contribution in [0, 0.1) is 5.92 Å². The van der Waals surface area contributed by atoms with Crippen molar-refractivity contribution >= 4 is 41.3 Å². The van der Waals surface area contributed by atoms with E-state index in [1.165, 1.54) is 35.4 Å². The van der Waals surface area contributed by atoms with E-state index in [0.717, 1.165) is 38.7 Å². The molecule has 2 N–H and O–H groups in total. The van der Waals surface area contributed by atoms with Gasteiger partial charge in [0.2, 0.25) is 0 Å². The third-order valence-electron chi connectivity index (χ3n) is 6.38. The number of halogens is 1. The second-order valence-corrected chi connectivity index (χ2v) is 9.41. The van der Waals surface area contributed by atoms with Gasteiger partial charge in [-0.3, -0.25) is 14.8 Å². The normalized spacial score (nSPS) is 19.6. The van der Waals surface area contributed by atoms with Crippen LogP contribution < -0.4 is 10.6 Å². The van der Waals surface area contributed by atoms with Crippen LogP contribution in [0.5, 0.6) is 0 Å². The lowest BCUT2D eigenvalue weighted by Crippen LogP contribution is -2.44. The summed E-state index contributed by atoms with van der Waals surface area (Å²) >= 11 is 1.87. The Morgan fingerprint density at radius 3 is 2.47 bits per heavy atom. The molecule has 0 saturated carbocycles. The highest BCUT2D eigenvalue weighted by atomic mass is 127. The van der Waals surface area contributed by atoms with Crippen LogP contribution in [0.3, 0.4) is 0 Å². The molecular weight excluding hydrogens is 529 g/mol. The number of nitrogens with zero attached hydrogens (tertiary/aromatic N) is 3. The van der Waals surface area contributed by atoms with Crippen molar-refractivity contribution in [1.82, 2.24) is 20.4 Å². The number of piperidine rings is 1. The largest absolute Gasteiger partial charge is 0.356 e. The van der Waals surface area contributed by atoms with E-state index in [1.54, 1.807) is 0 Å². The van der Waals surface area contributed by atoms with Crippen molar-refractivity contribution in [3.63, 3.8) is 0 Å². The van der Waals surface area contributed by atoms with E-state index in [1.807, 2.05) is 18.4 Å². The van der Waals surface area contributed by atoms with Crippen molar-refractivity contribution < 1.29 is 0 Å². The first-order valence-corrected chi connectivity index (χ1v) is 12.5. The summed E-state index contributed by atoms with van der Waals surface area (Å²) in [5, 5.41) is 9.26. The lowest BCUT2D eigenvalue weighted by molar-refractivity contribution is 0.125. The maximum absolute atomic E-state index is 4.45. The predicted molar refractivity (Wildman–Crippen MR) is 149 cm³/mol. The average molecular weight is 570 g/mol. The van der Waals surface area contributed by atoms with Gasteiger partial charge < -0.3 is 10.6 Å². The van der Waals surface area contributed by atoms with Crippen LogP contribution in [0.4, 0.5) is 0 Å². The zero-order valence-electron chi connectivity index (χ0n) is 20.0. The van der Waals surface area contributed by atoms with Crippen molar-refractivity contribution in [3.8, 4) is 0 Å². The number of thiophene rings is 1. The summed E-state index contributed by atoms with van der Waals surface area (Å²) in [4.78, 5) is 10.9. The molecule has 2 aromatic rings. The van der Waals surface area contributed by atoms with Crippen LogP contribution in [0.25, 0.3) is 0 Å². The molecule has 1 aliphatic heterocycles. The Bertz CT molecular complexity index is 789. The van der Waals surface area contributed by atoms with E-state index in [0.29, 0.717) is 12.0 Å². The van der Waals surface area contributed by atoms with Crippen molar-refractivity contribution in [1.29, 1.82) is 0 Å². The smallest absolute Gasteiger partial charge is 0.191 e. The number of hydrogen-bond donors (Lipinski definition) is 2. The van der Waals surface area contributed by atoms with Gasteiger partial charge in [0, 0.05) is 37.6 Å². The van der Waals surface area contributed by atoms with Crippen LogP contribution in [-0.4, -0.2) is 56.0 Å². The fraction of sp³-hybridized carbons (Fsp3) is 0.560. The third-order valence-corrected chi connectivity index (χ3v) is 7.32. The topological polar surface area (TPSA) is 42.9 Å². The molecule has 1 saturated heterocycles. The molecule has 32 heavy (non-hydrogen) atoms. The summed E-state index contributed by atoms with van der Waals surface area (Å²) in [7, 11) is 4.11. The van der Waals surface area contributed by atoms with E-state index < -0.39 is 0 Å². The molecule has 1 aromatic heterocycles. The Hall–Kier alpha value is -1.16. The van der Waals surface area contributed by atoms with Crippen molar-refractivity contribution in [2.75, 3.05) is 40.3 Å². The quantitative estimate of drug-likeness (QED) is 0.255. The highest BCUT2D eigenvalue weighted by Crippen LogP contribution is 2.36. The highest BCUT2D eigenvalue weighted by molar-refractivity contribution is 14.0. The molecule has 2 atom stereocenters. The maximum atomic E-state index is 4.45. The van der Waals surface area contributed by atoms with Gasteiger partial charge in [-0.05, 0) is 68.0 Å². The van der Waals surface area contributed by atoms with Crippen molar-refractivity contribution in [3.05, 3.63) is 57.8 Å². The number of aliphatic imine (C=N–C) groups is 1. The van der Waals surface area contributed by atoms with Gasteiger partial charge in [-0.25, -0.2) is 0 Å². The summed E-state index contributed by atoms with van der Waals surface area (Å²) in [6.45, 7) is 10.5. The van der Waals surface area contributed by atoms with Crippen LogP contribution in [-0.2, 0) is 13.1 Å². The van der Waals surface area contributed by atoms with E-state index in [2.05, 4.69) is 88.1 Å². The molecule has 2 unspecified atom stereocenters. The van der Waals surface area contributed by atoms with Gasteiger partial charge >= 0.3 is 0 Å².